The Balaban J connectivity index is 3.44. The summed E-state index contributed by atoms with van der Waals surface area (Å²) in [5, 5.41) is 7.69. The second-order valence-electron chi connectivity index (χ2n) is 1.20. The lowest BCUT2D eigenvalue weighted by Crippen LogP contribution is -2.09. The average Bonchev–Trinajstić information content (AvgIpc) is 1.63. The molecule has 0 atom stereocenters. The highest BCUT2D eigenvalue weighted by molar-refractivity contribution is 7.85. The molecule has 0 N–H and O–H groups in total. The quantitative estimate of drug-likeness (QED) is 0.293. The smallest absolute Gasteiger partial charge is 0.286 e. The molecule has 0 heterocycles. The van der Waals surface area contributed by atoms with Crippen molar-refractivity contribution in [3.05, 3.63) is 0 Å². The van der Waals surface area contributed by atoms with Crippen molar-refractivity contribution in [3.63, 3.8) is 0 Å². The lowest BCUT2D eigenvalue weighted by molar-refractivity contribution is 0.288. The van der Waals surface area contributed by atoms with Crippen molar-refractivity contribution in [2.75, 3.05) is 12.4 Å². The molecular formula is C3H4NO4S-. The number of nitrogens with zero attached hydrogens (tertiary/aromatic N) is 1. The lowest BCUT2D eigenvalue weighted by Gasteiger charge is -2.02. The molecule has 0 aromatic rings. The molecule has 0 rings (SSSR count). The van der Waals surface area contributed by atoms with Crippen molar-refractivity contribution in [1.82, 2.24) is 0 Å². The van der Waals surface area contributed by atoms with Crippen LogP contribution in [0.2, 0.25) is 0 Å². The molecule has 0 unspecified atom stereocenters. The van der Waals surface area contributed by atoms with Crippen LogP contribution in [0.3, 0.4) is 0 Å². The van der Waals surface area contributed by atoms with Gasteiger partial charge in [0.1, 0.15) is 6.61 Å². The minimum atomic E-state index is -4.22. The Labute approximate surface area is 52.6 Å². The van der Waals surface area contributed by atoms with Gasteiger partial charge in [0.2, 0.25) is 0 Å². The fourth-order valence-electron chi connectivity index (χ4n) is 0.189. The van der Waals surface area contributed by atoms with Crippen LogP contribution in [0.5, 0.6) is 0 Å². The number of nitriles is 1. The molecule has 0 saturated heterocycles. The summed E-state index contributed by atoms with van der Waals surface area (Å²) in [6.07, 6.45) is 1.24. The molecule has 0 saturated carbocycles. The number of rotatable bonds is 3. The summed E-state index contributed by atoms with van der Waals surface area (Å²) in [6.45, 7) is -0.359. The third-order valence-electron chi connectivity index (χ3n) is 0.500. The van der Waals surface area contributed by atoms with Crippen molar-refractivity contribution in [1.29, 1.82) is 5.26 Å². The fraction of sp³-hybridized carbons (Fsp3) is 0.667. The van der Waals surface area contributed by atoms with Crippen LogP contribution < -0.4 is 0 Å². The van der Waals surface area contributed by atoms with Gasteiger partial charge in [0, 0.05) is 0 Å². The number of ether oxygens (including phenoxy) is 1. The Kier molecular flexibility index (Phi) is 2.98. The van der Waals surface area contributed by atoms with E-state index in [4.69, 9.17) is 5.26 Å². The van der Waals surface area contributed by atoms with Gasteiger partial charge in [0.25, 0.3) is 6.26 Å². The summed E-state index contributed by atoms with van der Waals surface area (Å²) in [6, 6.07) is 0. The van der Waals surface area contributed by atoms with Gasteiger partial charge in [-0.05, 0) is 0 Å². The van der Waals surface area contributed by atoms with Crippen LogP contribution in [0.15, 0.2) is 0 Å². The lowest BCUT2D eigenvalue weighted by atomic mass is 10.9. The summed E-state index contributed by atoms with van der Waals surface area (Å²) in [5.74, 6) is -0.652. The van der Waals surface area contributed by atoms with E-state index in [2.05, 4.69) is 4.74 Å². The molecule has 0 bridgehead atoms. The Morgan fingerprint density at radius 2 is 2.22 bits per heavy atom. The third kappa shape index (κ3) is 7.20. The molecular weight excluding hydrogens is 146 g/mol. The van der Waals surface area contributed by atoms with Gasteiger partial charge in [0.05, 0.1) is 15.9 Å². The van der Waals surface area contributed by atoms with Crippen LogP contribution >= 0.6 is 0 Å². The van der Waals surface area contributed by atoms with Gasteiger partial charge in [-0.1, -0.05) is 0 Å². The zero-order valence-electron chi connectivity index (χ0n) is 4.40. The van der Waals surface area contributed by atoms with Crippen molar-refractivity contribution < 1.29 is 17.7 Å². The van der Waals surface area contributed by atoms with Gasteiger partial charge in [-0.2, -0.15) is 5.26 Å². The summed E-state index contributed by atoms with van der Waals surface area (Å²) in [7, 11) is -4.22. The predicted octanol–water partition coefficient (Wildman–Crippen LogP) is -0.971. The van der Waals surface area contributed by atoms with E-state index in [1.807, 2.05) is 0 Å². The van der Waals surface area contributed by atoms with Crippen molar-refractivity contribution in [3.8, 4) is 6.26 Å². The SMILES string of the molecule is N#COCCS(=O)(=O)[O-]. The molecule has 0 aliphatic heterocycles. The molecule has 0 aromatic heterocycles. The van der Waals surface area contributed by atoms with Crippen LogP contribution in [0.1, 0.15) is 0 Å². The Bertz CT molecular complexity index is 200. The molecule has 9 heavy (non-hydrogen) atoms. The first-order chi connectivity index (χ1) is 4.06. The summed E-state index contributed by atoms with van der Waals surface area (Å²) in [5.41, 5.74) is 0. The van der Waals surface area contributed by atoms with Crippen LogP contribution in [-0.4, -0.2) is 25.3 Å². The first-order valence-electron chi connectivity index (χ1n) is 2.01. The van der Waals surface area contributed by atoms with Crippen molar-refractivity contribution >= 4 is 10.1 Å². The van der Waals surface area contributed by atoms with E-state index >= 15 is 0 Å². The van der Waals surface area contributed by atoms with E-state index in [1.165, 1.54) is 6.26 Å². The zero-order valence-corrected chi connectivity index (χ0v) is 5.22. The topological polar surface area (TPSA) is 90.2 Å². The largest absolute Gasteiger partial charge is 0.748 e. The highest BCUT2D eigenvalue weighted by Gasteiger charge is 1.92. The molecule has 5 nitrogen and oxygen atoms in total. The summed E-state index contributed by atoms with van der Waals surface area (Å²) < 4.78 is 33.2. The van der Waals surface area contributed by atoms with Crippen LogP contribution in [0, 0.1) is 11.5 Å². The van der Waals surface area contributed by atoms with Gasteiger partial charge >= 0.3 is 0 Å². The van der Waals surface area contributed by atoms with Gasteiger partial charge in [-0.25, -0.2) is 8.42 Å². The Hall–Kier alpha value is -0.800. The van der Waals surface area contributed by atoms with Gasteiger partial charge in [-0.3, -0.25) is 0 Å². The van der Waals surface area contributed by atoms with E-state index in [0.717, 1.165) is 0 Å². The number of hydrogen-bond donors (Lipinski definition) is 0. The summed E-state index contributed by atoms with van der Waals surface area (Å²) in [4.78, 5) is 0. The van der Waals surface area contributed by atoms with E-state index < -0.39 is 15.9 Å². The second-order valence-corrected chi connectivity index (χ2v) is 2.73. The first-order valence-corrected chi connectivity index (χ1v) is 3.58. The van der Waals surface area contributed by atoms with E-state index in [0.29, 0.717) is 0 Å². The van der Waals surface area contributed by atoms with Crippen LogP contribution in [0.4, 0.5) is 0 Å². The average molecular weight is 150 g/mol. The van der Waals surface area contributed by atoms with Gasteiger partial charge in [-0.15, -0.1) is 0 Å². The first kappa shape index (κ1) is 8.20. The molecule has 0 aromatic carbocycles. The standard InChI is InChI=1S/C3H5NO4S/c4-3-8-1-2-9(5,6)7/h1-2H2,(H,5,6,7)/p-1. The third-order valence-corrected chi connectivity index (χ3v) is 1.17. The van der Waals surface area contributed by atoms with Crippen molar-refractivity contribution in [2.45, 2.75) is 0 Å². The van der Waals surface area contributed by atoms with Gasteiger partial charge in [0.15, 0.2) is 0 Å². The van der Waals surface area contributed by atoms with Crippen LogP contribution in [-0.2, 0) is 14.9 Å². The Morgan fingerprint density at radius 3 is 2.56 bits per heavy atom. The minimum absolute atomic E-state index is 0.359. The monoisotopic (exact) mass is 150 g/mol. The fourth-order valence-corrected chi connectivity index (χ4v) is 0.477. The molecule has 0 aliphatic carbocycles. The highest BCUT2D eigenvalue weighted by Crippen LogP contribution is 1.80. The summed E-state index contributed by atoms with van der Waals surface area (Å²) >= 11 is 0. The predicted molar refractivity (Wildman–Crippen MR) is 26.1 cm³/mol. The van der Waals surface area contributed by atoms with E-state index in [9.17, 15) is 13.0 Å². The molecule has 0 aliphatic rings. The van der Waals surface area contributed by atoms with E-state index in [-0.39, 0.29) is 6.61 Å². The zero-order chi connectivity index (χ0) is 7.33. The molecule has 0 spiro atoms. The molecule has 0 amide bonds. The molecule has 0 fully saturated rings. The normalized spacial score (nSPS) is 10.2. The highest BCUT2D eigenvalue weighted by atomic mass is 32.2. The van der Waals surface area contributed by atoms with Gasteiger partial charge < -0.3 is 9.29 Å². The maximum Gasteiger partial charge on any atom is 0.286 e. The van der Waals surface area contributed by atoms with Crippen LogP contribution in [0.25, 0.3) is 0 Å². The van der Waals surface area contributed by atoms with E-state index in [1.54, 1.807) is 0 Å². The Morgan fingerprint density at radius 1 is 1.67 bits per heavy atom. The molecule has 52 valence electrons. The number of hydrogen-bond acceptors (Lipinski definition) is 5. The molecule has 6 heteroatoms. The maximum absolute atomic E-state index is 9.76. The second kappa shape index (κ2) is 3.27. The minimum Gasteiger partial charge on any atom is -0.748 e. The van der Waals surface area contributed by atoms with Crippen molar-refractivity contribution in [2.24, 2.45) is 0 Å². The molecule has 0 radical (unpaired) electrons. The maximum atomic E-state index is 9.76.